The maximum Gasteiger partial charge on any atom is 0.00954 e. The topological polar surface area (TPSA) is 12.0 Å². The van der Waals surface area contributed by atoms with E-state index in [1.54, 1.807) is 0 Å². The summed E-state index contributed by atoms with van der Waals surface area (Å²) in [5.41, 5.74) is 0. The first-order valence-corrected chi connectivity index (χ1v) is 9.53. The second-order valence-electron chi connectivity index (χ2n) is 7.66. The van der Waals surface area contributed by atoms with E-state index in [-0.39, 0.29) is 0 Å². The van der Waals surface area contributed by atoms with Crippen LogP contribution in [-0.4, -0.2) is 12.6 Å². The summed E-state index contributed by atoms with van der Waals surface area (Å²) in [7, 11) is 0. The smallest absolute Gasteiger partial charge is 0.00954 e. The van der Waals surface area contributed by atoms with Crippen LogP contribution in [0.15, 0.2) is 0 Å². The summed E-state index contributed by atoms with van der Waals surface area (Å²) in [4.78, 5) is 0. The third-order valence-corrected chi connectivity index (χ3v) is 5.90. The van der Waals surface area contributed by atoms with Crippen molar-refractivity contribution in [1.29, 1.82) is 0 Å². The third kappa shape index (κ3) is 5.39. The van der Waals surface area contributed by atoms with Gasteiger partial charge in [-0.15, -0.1) is 0 Å². The van der Waals surface area contributed by atoms with Crippen LogP contribution in [0, 0.1) is 17.8 Å². The summed E-state index contributed by atoms with van der Waals surface area (Å²) in [5.74, 6) is 3.01. The molecule has 1 nitrogen and oxygen atoms in total. The molecule has 1 N–H and O–H groups in total. The fourth-order valence-electron chi connectivity index (χ4n) is 4.41. The molecule has 118 valence electrons. The molecule has 20 heavy (non-hydrogen) atoms. The van der Waals surface area contributed by atoms with Crippen molar-refractivity contribution in [3.63, 3.8) is 0 Å². The van der Waals surface area contributed by atoms with Crippen LogP contribution >= 0.6 is 0 Å². The van der Waals surface area contributed by atoms with Gasteiger partial charge in [0.15, 0.2) is 0 Å². The molecular weight excluding hydrogens is 242 g/mol. The number of nitrogens with one attached hydrogen (secondary N) is 1. The molecule has 2 aliphatic carbocycles. The Bertz CT molecular complexity index is 236. The van der Waals surface area contributed by atoms with E-state index >= 15 is 0 Å². The highest BCUT2D eigenvalue weighted by Crippen LogP contribution is 2.34. The van der Waals surface area contributed by atoms with Gasteiger partial charge in [-0.2, -0.15) is 0 Å². The van der Waals surface area contributed by atoms with Crippen LogP contribution in [0.3, 0.4) is 0 Å². The van der Waals surface area contributed by atoms with Crippen molar-refractivity contribution in [2.75, 3.05) is 6.54 Å². The van der Waals surface area contributed by atoms with Crippen LogP contribution in [0.2, 0.25) is 0 Å². The first-order valence-electron chi connectivity index (χ1n) is 9.53. The lowest BCUT2D eigenvalue weighted by Gasteiger charge is -2.34. The second kappa shape index (κ2) is 9.07. The highest BCUT2D eigenvalue weighted by Gasteiger charge is 2.26. The molecule has 2 aliphatic rings. The zero-order valence-corrected chi connectivity index (χ0v) is 14.0. The quantitative estimate of drug-likeness (QED) is 0.645. The molecule has 1 heteroatoms. The highest BCUT2D eigenvalue weighted by molar-refractivity contribution is 4.82. The van der Waals surface area contributed by atoms with Crippen LogP contribution < -0.4 is 5.32 Å². The van der Waals surface area contributed by atoms with Gasteiger partial charge in [0, 0.05) is 6.04 Å². The average molecular weight is 280 g/mol. The summed E-state index contributed by atoms with van der Waals surface area (Å²) < 4.78 is 0. The van der Waals surface area contributed by atoms with Crippen molar-refractivity contribution >= 4 is 0 Å². The van der Waals surface area contributed by atoms with Gasteiger partial charge in [0.1, 0.15) is 0 Å². The van der Waals surface area contributed by atoms with Gasteiger partial charge in [-0.25, -0.2) is 0 Å². The van der Waals surface area contributed by atoms with E-state index in [1.165, 1.54) is 83.6 Å². The molecule has 0 spiro atoms. The summed E-state index contributed by atoms with van der Waals surface area (Å²) in [5, 5.41) is 3.89. The Morgan fingerprint density at radius 2 is 1.65 bits per heavy atom. The fourth-order valence-corrected chi connectivity index (χ4v) is 4.41. The largest absolute Gasteiger partial charge is 0.314 e. The van der Waals surface area contributed by atoms with E-state index in [0.717, 1.165) is 23.8 Å². The molecule has 0 amide bonds. The van der Waals surface area contributed by atoms with Gasteiger partial charge in [0.05, 0.1) is 0 Å². The maximum atomic E-state index is 3.89. The van der Waals surface area contributed by atoms with E-state index < -0.39 is 0 Å². The Morgan fingerprint density at radius 1 is 0.950 bits per heavy atom. The van der Waals surface area contributed by atoms with E-state index in [1.807, 2.05) is 0 Å². The third-order valence-electron chi connectivity index (χ3n) is 5.90. The predicted molar refractivity (Wildman–Crippen MR) is 89.0 cm³/mol. The lowest BCUT2D eigenvalue weighted by molar-refractivity contribution is 0.208. The molecule has 0 aromatic rings. The van der Waals surface area contributed by atoms with Gasteiger partial charge >= 0.3 is 0 Å². The Morgan fingerprint density at radius 3 is 2.30 bits per heavy atom. The Labute approximate surface area is 127 Å². The molecule has 0 bridgehead atoms. The summed E-state index contributed by atoms with van der Waals surface area (Å²) in [6.45, 7) is 5.96. The van der Waals surface area contributed by atoms with Crippen molar-refractivity contribution in [3.05, 3.63) is 0 Å². The van der Waals surface area contributed by atoms with Crippen LogP contribution in [0.25, 0.3) is 0 Å². The Kier molecular flexibility index (Phi) is 7.41. The molecule has 0 aromatic carbocycles. The lowest BCUT2D eigenvalue weighted by Crippen LogP contribution is -2.38. The number of hydrogen-bond acceptors (Lipinski definition) is 1. The van der Waals surface area contributed by atoms with Crippen molar-refractivity contribution < 1.29 is 0 Å². The predicted octanol–water partition coefficient (Wildman–Crippen LogP) is 5.54. The normalized spacial score (nSPS) is 30.3. The molecule has 1 unspecified atom stereocenters. The molecular formula is C19H37N. The molecule has 0 aliphatic heterocycles. The van der Waals surface area contributed by atoms with Crippen molar-refractivity contribution in [1.82, 2.24) is 5.32 Å². The van der Waals surface area contributed by atoms with E-state index in [4.69, 9.17) is 0 Å². The van der Waals surface area contributed by atoms with Gasteiger partial charge in [0.2, 0.25) is 0 Å². The van der Waals surface area contributed by atoms with Gasteiger partial charge in [-0.3, -0.25) is 0 Å². The molecule has 2 rings (SSSR count). The standard InChI is InChI=1S/C19H37N/c1-3-15-20-19(18-12-9-16(2)10-13-18)14-11-17-7-5-4-6-8-17/h16-20H,3-15H2,1-2H3. The second-order valence-corrected chi connectivity index (χ2v) is 7.66. The number of hydrogen-bond donors (Lipinski definition) is 1. The van der Waals surface area contributed by atoms with Crippen molar-refractivity contribution in [3.8, 4) is 0 Å². The zero-order valence-electron chi connectivity index (χ0n) is 14.0. The Balaban J connectivity index is 1.76. The van der Waals surface area contributed by atoms with Crippen molar-refractivity contribution in [2.45, 2.75) is 96.9 Å². The minimum Gasteiger partial charge on any atom is -0.314 e. The maximum absolute atomic E-state index is 3.89. The van der Waals surface area contributed by atoms with E-state index in [0.29, 0.717) is 0 Å². The Hall–Kier alpha value is -0.0400. The van der Waals surface area contributed by atoms with Gasteiger partial charge in [-0.05, 0) is 56.4 Å². The van der Waals surface area contributed by atoms with Crippen LogP contribution in [0.4, 0.5) is 0 Å². The zero-order chi connectivity index (χ0) is 14.2. The van der Waals surface area contributed by atoms with Gasteiger partial charge in [0.25, 0.3) is 0 Å². The van der Waals surface area contributed by atoms with Crippen LogP contribution in [0.1, 0.15) is 90.9 Å². The minimum absolute atomic E-state index is 0.823. The average Bonchev–Trinajstić information content (AvgIpc) is 2.50. The minimum atomic E-state index is 0.823. The molecule has 1 atom stereocenters. The molecule has 2 saturated carbocycles. The lowest BCUT2D eigenvalue weighted by atomic mass is 9.76. The van der Waals surface area contributed by atoms with Crippen LogP contribution in [0.5, 0.6) is 0 Å². The van der Waals surface area contributed by atoms with Crippen LogP contribution in [-0.2, 0) is 0 Å². The molecule has 0 radical (unpaired) electrons. The first kappa shape index (κ1) is 16.3. The molecule has 0 heterocycles. The summed E-state index contributed by atoms with van der Waals surface area (Å²) in [6, 6.07) is 0.823. The molecule has 2 fully saturated rings. The SMILES string of the molecule is CCCNC(CCC1CCCCC1)C1CCC(C)CC1. The van der Waals surface area contributed by atoms with Gasteiger partial charge in [-0.1, -0.05) is 58.8 Å². The summed E-state index contributed by atoms with van der Waals surface area (Å²) >= 11 is 0. The molecule has 0 aromatic heterocycles. The highest BCUT2D eigenvalue weighted by atomic mass is 14.9. The summed E-state index contributed by atoms with van der Waals surface area (Å²) in [6.07, 6.45) is 17.6. The monoisotopic (exact) mass is 279 g/mol. The molecule has 0 saturated heterocycles. The fraction of sp³-hybridized carbons (Fsp3) is 1.00. The number of rotatable bonds is 7. The van der Waals surface area contributed by atoms with E-state index in [9.17, 15) is 0 Å². The van der Waals surface area contributed by atoms with Crippen molar-refractivity contribution in [2.24, 2.45) is 17.8 Å². The van der Waals surface area contributed by atoms with Gasteiger partial charge < -0.3 is 5.32 Å². The first-order chi connectivity index (χ1) is 9.79. The van der Waals surface area contributed by atoms with E-state index in [2.05, 4.69) is 19.2 Å².